The average molecular weight is 1300 g/mol. The zero-order valence-electron chi connectivity index (χ0n) is 41.7. The van der Waals surface area contributed by atoms with Crippen LogP contribution in [-0.2, 0) is 41.7 Å². The van der Waals surface area contributed by atoms with Gasteiger partial charge >= 0.3 is 7.54 Å². The summed E-state index contributed by atoms with van der Waals surface area (Å²) in [6.07, 6.45) is 1.90. The summed E-state index contributed by atoms with van der Waals surface area (Å²) >= 11 is 1.92. The van der Waals surface area contributed by atoms with E-state index in [1.807, 2.05) is 0 Å². The summed E-state index contributed by atoms with van der Waals surface area (Å²) in [4.78, 5) is 23.4. The Morgan fingerprint density at radius 3 is 1.20 bits per heavy atom. The van der Waals surface area contributed by atoms with Crippen LogP contribution in [0.1, 0.15) is 0 Å². The lowest BCUT2D eigenvalue weighted by atomic mass is 10.2. The molecule has 0 saturated heterocycles. The van der Waals surface area contributed by atoms with E-state index in [9.17, 15) is 89.3 Å². The smallest absolute Gasteiger partial charge is 0.762 e. The summed E-state index contributed by atoms with van der Waals surface area (Å²) in [6.45, 7) is 0. The van der Waals surface area contributed by atoms with Crippen molar-refractivity contribution in [2.24, 2.45) is 0 Å². The highest BCUT2D eigenvalue weighted by molar-refractivity contribution is 8.04. The number of sulfonamides is 2. The Kier molecular flexibility index (Phi) is 21.1. The monoisotopic (exact) mass is 1290 g/mol. The molecule has 34 heteroatoms. The maximum atomic E-state index is 14.2. The van der Waals surface area contributed by atoms with Gasteiger partial charge in [-0.3, -0.25) is 42.6 Å². The Morgan fingerprint density at radius 1 is 0.500 bits per heavy atom. The lowest BCUT2D eigenvalue weighted by Gasteiger charge is -2.19. The van der Waals surface area contributed by atoms with Gasteiger partial charge in [-0.1, -0.05) is 41.7 Å². The molecule has 2 aliphatic rings. The van der Waals surface area contributed by atoms with Gasteiger partial charge in [-0.15, -0.1) is 0 Å². The molecule has 84 heavy (non-hydrogen) atoms. The standard InChI is InChI=1S/C25H15F4N2O5S3.C13H12N2O5S.C12H4F4OS2.BF3.FH/c1-39(34,35)30-20-7-2-13(31(32)33)8-21(20)36-14-3-5-15(6-4-14)38-24-11-18(28)16(26)9-22(24)37-23-10-17(27)19(29)12-25(23)38;1-21(18,19)14-12-8-7-10(15(16)17)9-13(12)20-11-5-3-2-4-6-11;13-5-1-9-11(3-7(5)15)19(17)12-4-8(16)6(14)2-10(12)18-9;2-1(3)4;/h2-12,30H,1H3;2-9,14H,1H3;1-4H;;1H/q+1;;;;/p-1. The van der Waals surface area contributed by atoms with Gasteiger partial charge in [-0.25, -0.2) is 56.2 Å². The van der Waals surface area contributed by atoms with Crippen molar-refractivity contribution < 1.29 is 93.1 Å². The molecule has 15 nitrogen and oxygen atoms in total. The Balaban J connectivity index is 0.000000212. The van der Waals surface area contributed by atoms with Crippen LogP contribution in [0, 0.1) is 66.8 Å². The van der Waals surface area contributed by atoms with Crippen molar-refractivity contribution in [1.82, 2.24) is 0 Å². The molecule has 2 N–H and O–H groups in total. The fourth-order valence-corrected chi connectivity index (χ4v) is 14.7. The van der Waals surface area contributed by atoms with Crippen molar-refractivity contribution in [3.63, 3.8) is 0 Å². The van der Waals surface area contributed by atoms with Gasteiger partial charge in [0.25, 0.3) is 11.4 Å². The minimum absolute atomic E-state index is 0. The molecule has 0 atom stereocenters. The molecular formula is C50H31BF12N4O11S6. The van der Waals surface area contributed by atoms with E-state index in [0.29, 0.717) is 30.2 Å². The molecule has 440 valence electrons. The number of hydrogen-bond donors (Lipinski definition) is 2. The number of halogens is 12. The molecule has 0 amide bonds. The molecule has 0 unspecified atom stereocenters. The van der Waals surface area contributed by atoms with Gasteiger partial charge in [0.2, 0.25) is 20.0 Å². The van der Waals surface area contributed by atoms with E-state index in [1.54, 1.807) is 42.5 Å². The van der Waals surface area contributed by atoms with Crippen LogP contribution in [0.5, 0.6) is 23.0 Å². The molecule has 10 rings (SSSR count). The van der Waals surface area contributed by atoms with Gasteiger partial charge in [0.1, 0.15) is 22.4 Å². The third kappa shape index (κ3) is 16.7. The van der Waals surface area contributed by atoms with Crippen LogP contribution in [-0.4, -0.2) is 50.9 Å². The van der Waals surface area contributed by atoms with Crippen molar-refractivity contribution in [2.45, 2.75) is 44.1 Å². The summed E-state index contributed by atoms with van der Waals surface area (Å²) in [5.41, 5.74) is -0.429. The van der Waals surface area contributed by atoms with Gasteiger partial charge in [0.05, 0.1) is 76.2 Å². The SMILES string of the molecule is CS(=O)(=O)Nc1ccc([N+](=O)[O-])cc1Oc1ccc([S+]2c3cc(F)c(F)cc3Sc3cc(F)c(F)cc32)cc1.CS(=O)(=O)Nc1ccc([N+](=O)[O-])cc1Oc1ccccc1.FB(F)F.O=S1c2cc(F)c(F)cc2Sc2cc(F)c(F)cc21.[F-]. The highest BCUT2D eigenvalue weighted by Crippen LogP contribution is 2.50. The first-order valence-corrected chi connectivity index (χ1v) is 30.2. The van der Waals surface area contributed by atoms with E-state index in [2.05, 4.69) is 9.44 Å². The molecule has 8 aromatic carbocycles. The van der Waals surface area contributed by atoms with Crippen LogP contribution in [0.25, 0.3) is 0 Å². The molecule has 0 radical (unpaired) electrons. The number of benzene rings is 8. The first-order valence-electron chi connectivity index (χ1n) is 22.4. The van der Waals surface area contributed by atoms with Crippen molar-refractivity contribution >= 4 is 95.6 Å². The highest BCUT2D eigenvalue weighted by Gasteiger charge is 2.41. The van der Waals surface area contributed by atoms with E-state index in [0.717, 1.165) is 96.7 Å². The quantitative estimate of drug-likeness (QED) is 0.0406. The summed E-state index contributed by atoms with van der Waals surface area (Å²) in [7, 11) is -13.9. The van der Waals surface area contributed by atoms with Crippen molar-refractivity contribution in [2.75, 3.05) is 22.0 Å². The van der Waals surface area contributed by atoms with Crippen molar-refractivity contribution in [3.05, 3.63) is 206 Å². The van der Waals surface area contributed by atoms with Crippen LogP contribution in [0.2, 0.25) is 0 Å². The third-order valence-corrected chi connectivity index (χ3v) is 18.1. The van der Waals surface area contributed by atoms with Gasteiger partial charge in [-0.2, -0.15) is 0 Å². The lowest BCUT2D eigenvalue weighted by molar-refractivity contribution is -0.385. The fourth-order valence-electron chi connectivity index (χ4n) is 7.07. The number of anilines is 2. The lowest BCUT2D eigenvalue weighted by Crippen LogP contribution is -3.00. The van der Waals surface area contributed by atoms with Gasteiger partial charge < -0.3 is 14.2 Å². The van der Waals surface area contributed by atoms with Crippen LogP contribution >= 0.6 is 23.5 Å². The molecule has 8 aromatic rings. The molecule has 0 aliphatic carbocycles. The number of nitrogens with one attached hydrogen (secondary N) is 2. The molecule has 2 heterocycles. The summed E-state index contributed by atoms with van der Waals surface area (Å²) < 4.78 is 212. The number of nitro benzene ring substituents is 2. The van der Waals surface area contributed by atoms with E-state index >= 15 is 0 Å². The van der Waals surface area contributed by atoms with Crippen LogP contribution in [0.3, 0.4) is 0 Å². The minimum Gasteiger partial charge on any atom is -1.00 e. The second-order valence-corrected chi connectivity index (χ2v) is 25.5. The normalized spacial score (nSPS) is 12.2. The van der Waals surface area contributed by atoms with Crippen molar-refractivity contribution in [3.8, 4) is 23.0 Å². The molecular weight excluding hydrogens is 1260 g/mol. The molecule has 2 aliphatic heterocycles. The third-order valence-electron chi connectivity index (χ3n) is 10.4. The highest BCUT2D eigenvalue weighted by atomic mass is 32.2. The Morgan fingerprint density at radius 2 is 0.833 bits per heavy atom. The number of rotatable bonds is 11. The van der Waals surface area contributed by atoms with Crippen LogP contribution < -0.4 is 23.6 Å². The summed E-state index contributed by atoms with van der Waals surface area (Å²) in [5.74, 6) is -8.20. The second kappa shape index (κ2) is 27.2. The average Bonchev–Trinajstić information content (AvgIpc) is 1.09. The number of para-hydroxylation sites is 1. The molecule has 0 aromatic heterocycles. The Labute approximate surface area is 481 Å². The van der Waals surface area contributed by atoms with Crippen LogP contribution in [0.4, 0.5) is 70.8 Å². The number of non-ortho nitro benzene ring substituents is 2. The zero-order valence-corrected chi connectivity index (χ0v) is 46.6. The predicted octanol–water partition coefficient (Wildman–Crippen LogP) is 11.4. The number of hydrogen-bond acceptors (Lipinski definition) is 13. The number of nitrogens with zero attached hydrogens (tertiary/aromatic N) is 2. The van der Waals surface area contributed by atoms with Crippen molar-refractivity contribution in [1.29, 1.82) is 0 Å². The largest absolute Gasteiger partial charge is 1.00 e. The Hall–Kier alpha value is -7.92. The first kappa shape index (κ1) is 65.2. The fraction of sp³-hybridized carbons (Fsp3) is 0.0400. The zero-order chi connectivity index (χ0) is 60.8. The van der Waals surface area contributed by atoms with E-state index in [-0.39, 0.29) is 64.3 Å². The summed E-state index contributed by atoms with van der Waals surface area (Å²) in [6, 6.07) is 29.2. The van der Waals surface area contributed by atoms with E-state index < -0.39 is 106 Å². The predicted molar refractivity (Wildman–Crippen MR) is 286 cm³/mol. The maximum Gasteiger partial charge on any atom is 0.762 e. The number of fused-ring (bicyclic) bond motifs is 4. The van der Waals surface area contributed by atoms with E-state index in [1.165, 1.54) is 36.4 Å². The molecule has 0 saturated carbocycles. The molecule has 0 spiro atoms. The van der Waals surface area contributed by atoms with Gasteiger partial charge in [0.15, 0.2) is 72.7 Å². The van der Waals surface area contributed by atoms with Gasteiger partial charge in [0, 0.05) is 34.1 Å². The first-order chi connectivity index (χ1) is 38.9. The molecule has 0 fully saturated rings. The minimum atomic E-state index is -3.73. The Bertz CT molecular complexity index is 3980. The second-order valence-electron chi connectivity index (χ2n) is 16.5. The number of ether oxygens (including phenoxy) is 2. The topological polar surface area (TPSA) is 214 Å². The van der Waals surface area contributed by atoms with E-state index in [4.69, 9.17) is 9.47 Å². The maximum absolute atomic E-state index is 14.2. The summed E-state index contributed by atoms with van der Waals surface area (Å²) in [5, 5.41) is 22.0. The van der Waals surface area contributed by atoms with Gasteiger partial charge in [-0.05, 0) is 84.9 Å². The van der Waals surface area contributed by atoms with Crippen LogP contribution in [0.15, 0.2) is 184 Å². The molecule has 0 bridgehead atoms. The number of nitro groups is 2.